The van der Waals surface area contributed by atoms with Crippen LogP contribution < -0.4 is 0 Å². The Morgan fingerprint density at radius 2 is 1.49 bits per heavy atom. The first-order valence-electron chi connectivity index (χ1n) is 22.5. The molecular weight excluding hydrogens is 621 g/mol. The first-order chi connectivity index (χ1) is 24.6. The summed E-state index contributed by atoms with van der Waals surface area (Å²) in [5.41, 5.74) is 2.43. The molecule has 0 aliphatic heterocycles. The lowest BCUT2D eigenvalue weighted by Crippen LogP contribution is -2.51. The van der Waals surface area contributed by atoms with Crippen LogP contribution in [0.2, 0.25) is 0 Å². The lowest BCUT2D eigenvalue weighted by Gasteiger charge is -2.58. The molecule has 0 aromatic carbocycles. The Morgan fingerprint density at radius 1 is 0.804 bits per heavy atom. The Hall–Kier alpha value is -1.57. The van der Waals surface area contributed by atoms with Crippen molar-refractivity contribution in [3.05, 3.63) is 48.1 Å². The third-order valence-corrected chi connectivity index (χ3v) is 14.9. The SMILES string of the molecule is CCCCC/C=C\C/C=C\CCCCCCCCCC(=O)OC1CCC2(C)C(=CCC3C2CCC2(C)C(C(C)/C=C/C(CC)C(C)C)CCC32)C1. The first kappa shape index (κ1) is 42.2. The Balaban J connectivity index is 1.11. The number of unbranched alkanes of at least 4 members (excludes halogenated alkanes) is 10. The van der Waals surface area contributed by atoms with Crippen molar-refractivity contribution in [2.24, 2.45) is 52.3 Å². The van der Waals surface area contributed by atoms with Crippen molar-refractivity contribution in [2.45, 2.75) is 202 Å². The van der Waals surface area contributed by atoms with E-state index in [1.807, 2.05) is 0 Å². The fourth-order valence-corrected chi connectivity index (χ4v) is 11.6. The van der Waals surface area contributed by atoms with E-state index in [-0.39, 0.29) is 12.1 Å². The van der Waals surface area contributed by atoms with Gasteiger partial charge in [0.15, 0.2) is 0 Å². The number of fused-ring (bicyclic) bond motifs is 5. The summed E-state index contributed by atoms with van der Waals surface area (Å²) in [6.07, 6.45) is 45.4. The smallest absolute Gasteiger partial charge is 0.306 e. The number of ether oxygens (including phenoxy) is 1. The number of esters is 1. The van der Waals surface area contributed by atoms with Crippen LogP contribution in [-0.4, -0.2) is 12.1 Å². The minimum absolute atomic E-state index is 0.0488. The predicted octanol–water partition coefficient (Wildman–Crippen LogP) is 14.9. The molecule has 9 atom stereocenters. The fraction of sp³-hybridized carbons (Fsp3) is 0.816. The quantitative estimate of drug-likeness (QED) is 0.0638. The zero-order valence-electron chi connectivity index (χ0n) is 34.7. The monoisotopic (exact) mass is 703 g/mol. The van der Waals surface area contributed by atoms with Crippen LogP contribution in [0.4, 0.5) is 0 Å². The summed E-state index contributed by atoms with van der Waals surface area (Å²) in [4.78, 5) is 12.9. The molecule has 0 aromatic rings. The van der Waals surface area contributed by atoms with Crippen LogP contribution in [0.3, 0.4) is 0 Å². The molecule has 3 saturated carbocycles. The van der Waals surface area contributed by atoms with Crippen LogP contribution in [0.25, 0.3) is 0 Å². The van der Waals surface area contributed by atoms with Gasteiger partial charge in [0.25, 0.3) is 0 Å². The first-order valence-corrected chi connectivity index (χ1v) is 22.5. The summed E-state index contributed by atoms with van der Waals surface area (Å²) in [6.45, 7) is 17.2. The van der Waals surface area contributed by atoms with Crippen LogP contribution in [0.1, 0.15) is 196 Å². The molecule has 4 aliphatic rings. The molecule has 0 aromatic heterocycles. The maximum absolute atomic E-state index is 12.9. The molecule has 4 aliphatic carbocycles. The van der Waals surface area contributed by atoms with Gasteiger partial charge in [-0.2, -0.15) is 0 Å². The maximum Gasteiger partial charge on any atom is 0.306 e. The fourth-order valence-electron chi connectivity index (χ4n) is 11.6. The highest BCUT2D eigenvalue weighted by Crippen LogP contribution is 2.67. The van der Waals surface area contributed by atoms with E-state index in [1.54, 1.807) is 5.57 Å². The molecule has 2 nitrogen and oxygen atoms in total. The van der Waals surface area contributed by atoms with E-state index in [0.717, 1.165) is 61.7 Å². The van der Waals surface area contributed by atoms with Crippen LogP contribution >= 0.6 is 0 Å². The van der Waals surface area contributed by atoms with Gasteiger partial charge in [-0.3, -0.25) is 4.79 Å². The van der Waals surface area contributed by atoms with E-state index in [2.05, 4.69) is 91.0 Å². The summed E-state index contributed by atoms with van der Waals surface area (Å²) in [6, 6.07) is 0. The van der Waals surface area contributed by atoms with Gasteiger partial charge in [0, 0.05) is 12.8 Å². The average molecular weight is 703 g/mol. The molecule has 51 heavy (non-hydrogen) atoms. The summed E-state index contributed by atoms with van der Waals surface area (Å²) in [7, 11) is 0. The zero-order chi connectivity index (χ0) is 36.7. The van der Waals surface area contributed by atoms with Crippen LogP contribution in [0.5, 0.6) is 0 Å². The van der Waals surface area contributed by atoms with E-state index >= 15 is 0 Å². The molecule has 0 bridgehead atoms. The highest BCUT2D eigenvalue weighted by atomic mass is 16.5. The molecule has 0 amide bonds. The number of carbonyl (C=O) groups excluding carboxylic acids is 1. The van der Waals surface area contributed by atoms with Crippen molar-refractivity contribution in [3.8, 4) is 0 Å². The topological polar surface area (TPSA) is 26.3 Å². The van der Waals surface area contributed by atoms with E-state index < -0.39 is 0 Å². The highest BCUT2D eigenvalue weighted by Gasteiger charge is 2.59. The second kappa shape index (κ2) is 21.4. The van der Waals surface area contributed by atoms with Gasteiger partial charge >= 0.3 is 5.97 Å². The van der Waals surface area contributed by atoms with Gasteiger partial charge in [-0.05, 0) is 142 Å². The zero-order valence-corrected chi connectivity index (χ0v) is 34.7. The van der Waals surface area contributed by atoms with Gasteiger partial charge < -0.3 is 4.74 Å². The summed E-state index contributed by atoms with van der Waals surface area (Å²) >= 11 is 0. The van der Waals surface area contributed by atoms with Crippen molar-refractivity contribution in [1.29, 1.82) is 0 Å². The number of hydrogen-bond donors (Lipinski definition) is 0. The Labute approximate surface area is 317 Å². The molecule has 290 valence electrons. The molecule has 0 N–H and O–H groups in total. The third kappa shape index (κ3) is 11.7. The summed E-state index contributed by atoms with van der Waals surface area (Å²) in [5, 5.41) is 0. The highest BCUT2D eigenvalue weighted by molar-refractivity contribution is 5.69. The van der Waals surface area contributed by atoms with Gasteiger partial charge in [-0.1, -0.05) is 142 Å². The Bertz CT molecular complexity index is 1140. The summed E-state index contributed by atoms with van der Waals surface area (Å²) < 4.78 is 6.14. The number of carbonyl (C=O) groups is 1. The van der Waals surface area contributed by atoms with Crippen molar-refractivity contribution in [1.82, 2.24) is 0 Å². The minimum atomic E-state index is 0.0488. The van der Waals surface area contributed by atoms with E-state index in [4.69, 9.17) is 4.74 Å². The lowest BCUT2D eigenvalue weighted by molar-refractivity contribution is -0.151. The van der Waals surface area contributed by atoms with Gasteiger partial charge in [-0.15, -0.1) is 0 Å². The standard InChI is InChI=1S/C49H82O2/c1-8-10-11-12-13-14-15-16-17-18-19-20-21-22-23-24-25-26-47(50)51-42-33-35-48(6)41(37-42)29-30-43-45-32-31-44(49(45,7)36-34-46(43)48)39(5)27-28-40(9-2)38(3)4/h13-14,16-17,27-29,38-40,42-46H,8-12,15,18-26,30-37H2,1-7H3/b14-13-,17-16-,28-27+. The molecular formula is C49H82O2. The number of rotatable bonds is 22. The normalized spacial score (nSPS) is 31.9. The van der Waals surface area contributed by atoms with Gasteiger partial charge in [0.05, 0.1) is 0 Å². The number of hydrogen-bond acceptors (Lipinski definition) is 2. The molecule has 0 radical (unpaired) electrons. The largest absolute Gasteiger partial charge is 0.462 e. The van der Waals surface area contributed by atoms with Crippen LogP contribution in [0.15, 0.2) is 48.1 Å². The van der Waals surface area contributed by atoms with Crippen molar-refractivity contribution in [3.63, 3.8) is 0 Å². The maximum atomic E-state index is 12.9. The van der Waals surface area contributed by atoms with Crippen LogP contribution in [-0.2, 0) is 9.53 Å². The molecule has 0 heterocycles. The summed E-state index contributed by atoms with van der Waals surface area (Å²) in [5.74, 6) is 5.52. The van der Waals surface area contributed by atoms with Crippen molar-refractivity contribution < 1.29 is 9.53 Å². The Kier molecular flexibility index (Phi) is 17.7. The van der Waals surface area contributed by atoms with E-state index in [1.165, 1.54) is 109 Å². The predicted molar refractivity (Wildman–Crippen MR) is 221 cm³/mol. The number of allylic oxidation sites excluding steroid dienone is 7. The third-order valence-electron chi connectivity index (χ3n) is 14.9. The van der Waals surface area contributed by atoms with Gasteiger partial charge in [-0.25, -0.2) is 0 Å². The Morgan fingerprint density at radius 3 is 2.18 bits per heavy atom. The van der Waals surface area contributed by atoms with Gasteiger partial charge in [0.2, 0.25) is 0 Å². The van der Waals surface area contributed by atoms with E-state index in [9.17, 15) is 4.79 Å². The van der Waals surface area contributed by atoms with Crippen molar-refractivity contribution >= 4 is 5.97 Å². The molecule has 2 heteroatoms. The molecule has 9 unspecified atom stereocenters. The molecule has 0 spiro atoms. The molecule has 3 fully saturated rings. The van der Waals surface area contributed by atoms with Crippen LogP contribution in [0, 0.1) is 52.3 Å². The van der Waals surface area contributed by atoms with Crippen molar-refractivity contribution in [2.75, 3.05) is 0 Å². The second-order valence-corrected chi connectivity index (χ2v) is 18.6. The average Bonchev–Trinajstić information content (AvgIpc) is 3.47. The van der Waals surface area contributed by atoms with E-state index in [0.29, 0.717) is 29.1 Å². The molecule has 4 rings (SSSR count). The second-order valence-electron chi connectivity index (χ2n) is 18.6. The lowest BCUT2D eigenvalue weighted by atomic mass is 9.47. The molecule has 0 saturated heterocycles. The van der Waals surface area contributed by atoms with Gasteiger partial charge in [0.1, 0.15) is 6.10 Å². The minimum Gasteiger partial charge on any atom is -0.462 e.